The van der Waals surface area contributed by atoms with Gasteiger partial charge in [0.05, 0.1) is 16.6 Å². The van der Waals surface area contributed by atoms with Crippen LogP contribution in [-0.4, -0.2) is 36.6 Å². The number of nitrogens with zero attached hydrogens (tertiary/aromatic N) is 3. The Bertz CT molecular complexity index is 642. The molecule has 2 aromatic rings. The molecule has 0 atom stereocenters. The van der Waals surface area contributed by atoms with Gasteiger partial charge in [-0.2, -0.15) is 0 Å². The zero-order chi connectivity index (χ0) is 16.8. The van der Waals surface area contributed by atoms with Gasteiger partial charge in [0.1, 0.15) is 0 Å². The minimum Gasteiger partial charge on any atom is -0.363 e. The van der Waals surface area contributed by atoms with Crippen LogP contribution in [0.2, 0.25) is 0 Å². The minimum absolute atomic E-state index is 0.488. The van der Waals surface area contributed by atoms with Crippen LogP contribution in [0.3, 0.4) is 0 Å². The molecule has 0 aromatic carbocycles. The Labute approximate surface area is 151 Å². The maximum atomic E-state index is 4.71. The van der Waals surface area contributed by atoms with E-state index in [2.05, 4.69) is 45.0 Å². The quantitative estimate of drug-likeness (QED) is 0.632. The number of guanidine groups is 1. The van der Waals surface area contributed by atoms with Gasteiger partial charge in [-0.3, -0.25) is 0 Å². The molecule has 0 aliphatic carbocycles. The molecule has 0 bridgehead atoms. The van der Waals surface area contributed by atoms with Crippen LogP contribution in [0.25, 0.3) is 0 Å². The van der Waals surface area contributed by atoms with Crippen molar-refractivity contribution in [1.29, 1.82) is 0 Å². The second kappa shape index (κ2) is 8.48. The van der Waals surface area contributed by atoms with Crippen LogP contribution >= 0.6 is 22.7 Å². The first-order valence-electron chi connectivity index (χ1n) is 8.49. The summed E-state index contributed by atoms with van der Waals surface area (Å²) < 4.78 is 0. The van der Waals surface area contributed by atoms with Crippen molar-refractivity contribution in [2.75, 3.05) is 24.5 Å². The van der Waals surface area contributed by atoms with Crippen molar-refractivity contribution in [2.45, 2.75) is 39.3 Å². The second-order valence-electron chi connectivity index (χ2n) is 5.90. The van der Waals surface area contributed by atoms with E-state index in [1.54, 1.807) is 11.3 Å². The molecule has 0 amide bonds. The van der Waals surface area contributed by atoms with Gasteiger partial charge in [-0.1, -0.05) is 0 Å². The Hall–Kier alpha value is -1.60. The van der Waals surface area contributed by atoms with Crippen LogP contribution in [0.15, 0.2) is 28.7 Å². The molecule has 3 heterocycles. The first kappa shape index (κ1) is 17.2. The maximum Gasteiger partial charge on any atom is 0.191 e. The van der Waals surface area contributed by atoms with Gasteiger partial charge in [0.2, 0.25) is 0 Å². The van der Waals surface area contributed by atoms with Crippen molar-refractivity contribution < 1.29 is 0 Å². The number of aliphatic imine (C=N–C) groups is 1. The third-order valence-electron chi connectivity index (χ3n) is 4.06. The van der Waals surface area contributed by atoms with Gasteiger partial charge in [-0.05, 0) is 44.2 Å². The van der Waals surface area contributed by atoms with Crippen LogP contribution < -0.4 is 15.5 Å². The number of thiazole rings is 1. The molecule has 7 heteroatoms. The van der Waals surface area contributed by atoms with Crippen LogP contribution in [0, 0.1) is 6.92 Å². The second-order valence-corrected chi connectivity index (χ2v) is 8.14. The van der Waals surface area contributed by atoms with E-state index < -0.39 is 0 Å². The van der Waals surface area contributed by atoms with Gasteiger partial charge in [-0.25, -0.2) is 9.98 Å². The summed E-state index contributed by atoms with van der Waals surface area (Å²) in [5.74, 6) is 0.915. The molecule has 3 rings (SSSR count). The molecule has 1 aliphatic rings. The Kier molecular flexibility index (Phi) is 6.09. The van der Waals surface area contributed by atoms with Gasteiger partial charge >= 0.3 is 0 Å². The molecular weight excluding hydrogens is 338 g/mol. The summed E-state index contributed by atoms with van der Waals surface area (Å²) in [6, 6.07) is 4.82. The summed E-state index contributed by atoms with van der Waals surface area (Å²) in [6.07, 6.45) is 4.20. The molecule has 1 fully saturated rings. The molecular formula is C17H25N5S2. The summed E-state index contributed by atoms with van der Waals surface area (Å²) >= 11 is 3.54. The molecule has 0 unspecified atom stereocenters. The fourth-order valence-corrected chi connectivity index (χ4v) is 4.35. The van der Waals surface area contributed by atoms with Gasteiger partial charge < -0.3 is 15.5 Å². The van der Waals surface area contributed by atoms with Crippen molar-refractivity contribution in [3.63, 3.8) is 0 Å². The molecule has 0 saturated carbocycles. The number of aromatic nitrogens is 1. The van der Waals surface area contributed by atoms with Crippen LogP contribution in [0.4, 0.5) is 5.00 Å². The number of hydrogen-bond acceptors (Lipinski definition) is 5. The summed E-state index contributed by atoms with van der Waals surface area (Å²) in [6.45, 7) is 7.91. The first-order chi connectivity index (χ1) is 11.7. The molecule has 5 nitrogen and oxygen atoms in total. The smallest absolute Gasteiger partial charge is 0.191 e. The third-order valence-corrected chi connectivity index (χ3v) is 5.89. The number of rotatable bonds is 5. The zero-order valence-electron chi connectivity index (χ0n) is 14.3. The molecule has 1 saturated heterocycles. The van der Waals surface area contributed by atoms with E-state index in [0.29, 0.717) is 12.6 Å². The Balaban J connectivity index is 1.52. The largest absolute Gasteiger partial charge is 0.363 e. The van der Waals surface area contributed by atoms with Crippen molar-refractivity contribution in [3.8, 4) is 0 Å². The first-order valence-corrected chi connectivity index (χ1v) is 10.2. The average molecular weight is 364 g/mol. The lowest BCUT2D eigenvalue weighted by Gasteiger charge is -2.33. The summed E-state index contributed by atoms with van der Waals surface area (Å²) in [5.41, 5.74) is 0. The fraction of sp³-hybridized carbons (Fsp3) is 0.529. The van der Waals surface area contributed by atoms with Crippen LogP contribution in [-0.2, 0) is 6.54 Å². The molecule has 1 aliphatic heterocycles. The minimum atomic E-state index is 0.488. The normalized spacial score (nSPS) is 16.4. The van der Waals surface area contributed by atoms with Crippen molar-refractivity contribution in [1.82, 2.24) is 15.6 Å². The maximum absolute atomic E-state index is 4.71. The highest BCUT2D eigenvalue weighted by Gasteiger charge is 2.20. The van der Waals surface area contributed by atoms with Gasteiger partial charge in [-0.15, -0.1) is 22.7 Å². The van der Waals surface area contributed by atoms with Gasteiger partial charge in [0.25, 0.3) is 0 Å². The van der Waals surface area contributed by atoms with E-state index in [-0.39, 0.29) is 0 Å². The van der Waals surface area contributed by atoms with Crippen molar-refractivity contribution >= 4 is 33.6 Å². The van der Waals surface area contributed by atoms with E-state index in [4.69, 9.17) is 4.99 Å². The number of piperidine rings is 1. The van der Waals surface area contributed by atoms with Gasteiger partial charge in [0.15, 0.2) is 5.96 Å². The molecule has 0 radical (unpaired) electrons. The monoisotopic (exact) mass is 363 g/mol. The van der Waals surface area contributed by atoms with Gasteiger partial charge in [0, 0.05) is 36.8 Å². The number of anilines is 1. The fourth-order valence-electron chi connectivity index (χ4n) is 2.84. The number of aryl methyl sites for hydroxylation is 1. The number of hydrogen-bond donors (Lipinski definition) is 2. The lowest BCUT2D eigenvalue weighted by molar-refractivity contribution is 0.463. The Morgan fingerprint density at radius 2 is 2.25 bits per heavy atom. The zero-order valence-corrected chi connectivity index (χ0v) is 15.9. The molecule has 2 aromatic heterocycles. The van der Waals surface area contributed by atoms with E-state index in [9.17, 15) is 0 Å². The van der Waals surface area contributed by atoms with E-state index in [1.165, 1.54) is 9.88 Å². The lowest BCUT2D eigenvalue weighted by atomic mass is 10.1. The van der Waals surface area contributed by atoms with E-state index in [0.717, 1.165) is 43.4 Å². The van der Waals surface area contributed by atoms with Crippen LogP contribution in [0.1, 0.15) is 29.7 Å². The van der Waals surface area contributed by atoms with Crippen LogP contribution in [0.5, 0.6) is 0 Å². The highest BCUT2D eigenvalue weighted by atomic mass is 32.1. The number of nitrogens with one attached hydrogen (secondary N) is 2. The Morgan fingerprint density at radius 3 is 2.88 bits per heavy atom. The topological polar surface area (TPSA) is 52.6 Å². The standard InChI is InChI=1S/C17H25N5S2/c1-3-18-17(20-12-15-11-19-13(2)24-15)21-14-6-8-22(9-7-14)16-5-4-10-23-16/h4-5,10-11,14H,3,6-9,12H2,1-2H3,(H2,18,20,21). The predicted octanol–water partition coefficient (Wildman–Crippen LogP) is 3.24. The van der Waals surface area contributed by atoms with E-state index >= 15 is 0 Å². The lowest BCUT2D eigenvalue weighted by Crippen LogP contribution is -2.48. The summed E-state index contributed by atoms with van der Waals surface area (Å²) in [7, 11) is 0. The molecule has 0 spiro atoms. The number of thiophene rings is 1. The van der Waals surface area contributed by atoms with Crippen molar-refractivity contribution in [3.05, 3.63) is 33.6 Å². The SMILES string of the molecule is CCNC(=NCc1cnc(C)s1)NC1CCN(c2cccs2)CC1. The van der Waals surface area contributed by atoms with Crippen molar-refractivity contribution in [2.24, 2.45) is 4.99 Å². The highest BCUT2D eigenvalue weighted by molar-refractivity contribution is 7.14. The van der Waals surface area contributed by atoms with E-state index in [1.807, 2.05) is 24.5 Å². The molecule has 130 valence electrons. The average Bonchev–Trinajstić information content (AvgIpc) is 3.25. The molecule has 2 N–H and O–H groups in total. The molecule has 24 heavy (non-hydrogen) atoms. The summed E-state index contributed by atoms with van der Waals surface area (Å²) in [5, 5.41) is 11.6. The highest BCUT2D eigenvalue weighted by Crippen LogP contribution is 2.24. The summed E-state index contributed by atoms with van der Waals surface area (Å²) in [4.78, 5) is 12.7. The Morgan fingerprint density at radius 1 is 1.42 bits per heavy atom. The predicted molar refractivity (Wildman–Crippen MR) is 104 cm³/mol. The third kappa shape index (κ3) is 4.70.